The van der Waals surface area contributed by atoms with Crippen LogP contribution in [0.5, 0.6) is 0 Å². The highest BCUT2D eigenvalue weighted by Gasteiger charge is 2.58. The maximum atomic E-state index is 11.3. The van der Waals surface area contributed by atoms with Gasteiger partial charge in [-0.15, -0.1) is 0 Å². The van der Waals surface area contributed by atoms with Gasteiger partial charge >= 0.3 is 0 Å². The molecule has 1 amide bonds. The SMILES string of the molecule is CC(=O)N/N=C1\CCC2C3CCC4CCCCC4(C)C3CCC12C. The van der Waals surface area contributed by atoms with Gasteiger partial charge in [0.05, 0.1) is 0 Å². The Balaban J connectivity index is 1.59. The fraction of sp³-hybridized carbons (Fsp3) is 0.905. The van der Waals surface area contributed by atoms with Gasteiger partial charge in [0.2, 0.25) is 5.91 Å². The molecule has 6 atom stereocenters. The summed E-state index contributed by atoms with van der Waals surface area (Å²) in [6, 6.07) is 0. The highest BCUT2D eigenvalue weighted by Crippen LogP contribution is 2.65. The number of amides is 1. The average molecular weight is 331 g/mol. The molecule has 134 valence electrons. The van der Waals surface area contributed by atoms with Crippen LogP contribution < -0.4 is 5.43 Å². The number of carbonyl (C=O) groups is 1. The van der Waals surface area contributed by atoms with E-state index in [-0.39, 0.29) is 11.3 Å². The number of fused-ring (bicyclic) bond motifs is 5. The Morgan fingerprint density at radius 3 is 2.67 bits per heavy atom. The second-order valence-corrected chi connectivity index (χ2v) is 9.62. The number of rotatable bonds is 1. The van der Waals surface area contributed by atoms with Crippen molar-refractivity contribution in [1.82, 2.24) is 5.43 Å². The second kappa shape index (κ2) is 5.85. The molecule has 4 saturated carbocycles. The minimum absolute atomic E-state index is 0.0431. The Bertz CT molecular complexity index is 556. The lowest BCUT2D eigenvalue weighted by atomic mass is 9.45. The Hall–Kier alpha value is -0.860. The normalized spacial score (nSPS) is 49.2. The van der Waals surface area contributed by atoms with E-state index in [2.05, 4.69) is 24.4 Å². The average Bonchev–Trinajstić information content (AvgIpc) is 2.89. The van der Waals surface area contributed by atoms with Crippen LogP contribution in [-0.2, 0) is 4.79 Å². The molecule has 0 aliphatic heterocycles. The molecule has 0 aromatic heterocycles. The minimum atomic E-state index is -0.0431. The van der Waals surface area contributed by atoms with Gasteiger partial charge in [0.1, 0.15) is 0 Å². The van der Waals surface area contributed by atoms with Gasteiger partial charge in [0, 0.05) is 18.1 Å². The summed E-state index contributed by atoms with van der Waals surface area (Å²) in [4.78, 5) is 11.3. The third-order valence-electron chi connectivity index (χ3n) is 8.67. The number of carbonyl (C=O) groups excluding carboxylic acids is 1. The summed E-state index contributed by atoms with van der Waals surface area (Å²) in [6.45, 7) is 6.63. The van der Waals surface area contributed by atoms with Gasteiger partial charge in [0.15, 0.2) is 0 Å². The van der Waals surface area contributed by atoms with E-state index in [4.69, 9.17) is 0 Å². The van der Waals surface area contributed by atoms with Crippen LogP contribution in [0.1, 0.15) is 85.0 Å². The van der Waals surface area contributed by atoms with Crippen LogP contribution in [0.4, 0.5) is 0 Å². The van der Waals surface area contributed by atoms with Crippen molar-refractivity contribution in [2.75, 3.05) is 0 Å². The molecule has 4 aliphatic rings. The molecular weight excluding hydrogens is 296 g/mol. The van der Waals surface area contributed by atoms with Crippen molar-refractivity contribution in [2.45, 2.75) is 85.0 Å². The lowest BCUT2D eigenvalue weighted by Gasteiger charge is -2.59. The molecule has 0 saturated heterocycles. The quantitative estimate of drug-likeness (QED) is 0.682. The Labute approximate surface area is 147 Å². The van der Waals surface area contributed by atoms with Gasteiger partial charge in [-0.25, -0.2) is 5.43 Å². The fourth-order valence-corrected chi connectivity index (χ4v) is 7.41. The van der Waals surface area contributed by atoms with E-state index in [0.717, 1.165) is 30.1 Å². The maximum absolute atomic E-state index is 11.3. The van der Waals surface area contributed by atoms with Gasteiger partial charge in [-0.05, 0) is 80.5 Å². The van der Waals surface area contributed by atoms with Crippen LogP contribution in [0.25, 0.3) is 0 Å². The molecule has 24 heavy (non-hydrogen) atoms. The summed E-state index contributed by atoms with van der Waals surface area (Å²) >= 11 is 0. The number of nitrogens with zero attached hydrogens (tertiary/aromatic N) is 1. The first-order valence-electron chi connectivity index (χ1n) is 10.3. The fourth-order valence-electron chi connectivity index (χ4n) is 7.41. The summed E-state index contributed by atoms with van der Waals surface area (Å²) < 4.78 is 0. The van der Waals surface area contributed by atoms with Crippen molar-refractivity contribution in [2.24, 2.45) is 39.6 Å². The highest BCUT2D eigenvalue weighted by molar-refractivity contribution is 5.93. The lowest BCUT2D eigenvalue weighted by molar-refractivity contribution is -0.118. The molecule has 1 N–H and O–H groups in total. The summed E-state index contributed by atoms with van der Waals surface area (Å²) in [7, 11) is 0. The van der Waals surface area contributed by atoms with Crippen molar-refractivity contribution < 1.29 is 4.79 Å². The molecule has 6 unspecified atom stereocenters. The standard InChI is InChI=1S/C21H34N2O/c1-14(24)22-23-19-10-9-17-16-8-7-15-6-4-5-12-20(15,2)18(16)11-13-21(17,19)3/h15-18H,4-13H2,1-3H3,(H,22,24)/b23-19+. The third kappa shape index (κ3) is 2.37. The van der Waals surface area contributed by atoms with Crippen LogP contribution in [0.2, 0.25) is 0 Å². The van der Waals surface area contributed by atoms with Crippen LogP contribution in [0, 0.1) is 34.5 Å². The first-order chi connectivity index (χ1) is 11.4. The number of hydrogen-bond acceptors (Lipinski definition) is 2. The van der Waals surface area contributed by atoms with E-state index >= 15 is 0 Å². The van der Waals surface area contributed by atoms with Gasteiger partial charge < -0.3 is 0 Å². The van der Waals surface area contributed by atoms with Gasteiger partial charge in [-0.3, -0.25) is 4.79 Å². The molecule has 4 fully saturated rings. The predicted octanol–water partition coefficient (Wildman–Crippen LogP) is 4.91. The van der Waals surface area contributed by atoms with Crippen LogP contribution in [-0.4, -0.2) is 11.6 Å². The Morgan fingerprint density at radius 1 is 1.04 bits per heavy atom. The zero-order chi connectivity index (χ0) is 16.9. The van der Waals surface area contributed by atoms with Gasteiger partial charge in [-0.1, -0.05) is 26.7 Å². The van der Waals surface area contributed by atoms with E-state index in [0.29, 0.717) is 5.41 Å². The van der Waals surface area contributed by atoms with Crippen molar-refractivity contribution >= 4 is 11.6 Å². The molecule has 4 aliphatic carbocycles. The summed E-state index contributed by atoms with van der Waals surface area (Å²) in [5.41, 5.74) is 4.84. The lowest BCUT2D eigenvalue weighted by Crippen LogP contribution is -2.52. The molecule has 4 rings (SSSR count). The number of hydrazone groups is 1. The maximum Gasteiger partial charge on any atom is 0.236 e. The minimum Gasteiger partial charge on any atom is -0.274 e. The van der Waals surface area contributed by atoms with Crippen molar-refractivity contribution in [3.05, 3.63) is 0 Å². The van der Waals surface area contributed by atoms with Crippen molar-refractivity contribution in [3.63, 3.8) is 0 Å². The van der Waals surface area contributed by atoms with Crippen LogP contribution >= 0.6 is 0 Å². The first-order valence-corrected chi connectivity index (χ1v) is 10.3. The molecular formula is C21H34N2O. The van der Waals surface area contributed by atoms with Gasteiger partial charge in [0.25, 0.3) is 0 Å². The van der Waals surface area contributed by atoms with Gasteiger partial charge in [-0.2, -0.15) is 5.10 Å². The first kappa shape index (κ1) is 16.6. The Morgan fingerprint density at radius 2 is 1.88 bits per heavy atom. The van der Waals surface area contributed by atoms with E-state index in [1.165, 1.54) is 63.5 Å². The summed E-state index contributed by atoms with van der Waals surface area (Å²) in [5, 5.41) is 4.53. The zero-order valence-electron chi connectivity index (χ0n) is 15.7. The van der Waals surface area contributed by atoms with E-state index in [1.54, 1.807) is 6.92 Å². The van der Waals surface area contributed by atoms with Crippen LogP contribution in [0.15, 0.2) is 5.10 Å². The van der Waals surface area contributed by atoms with E-state index in [9.17, 15) is 4.79 Å². The molecule has 0 spiro atoms. The number of hydrogen-bond donors (Lipinski definition) is 1. The molecule has 0 radical (unpaired) electrons. The van der Waals surface area contributed by atoms with Crippen molar-refractivity contribution in [1.29, 1.82) is 0 Å². The zero-order valence-corrected chi connectivity index (χ0v) is 15.7. The molecule has 3 nitrogen and oxygen atoms in total. The highest BCUT2D eigenvalue weighted by atomic mass is 16.2. The summed E-state index contributed by atoms with van der Waals surface area (Å²) in [6.07, 6.45) is 13.8. The van der Waals surface area contributed by atoms with E-state index < -0.39 is 0 Å². The monoisotopic (exact) mass is 330 g/mol. The summed E-state index contributed by atoms with van der Waals surface area (Å²) in [5.74, 6) is 3.58. The molecule has 0 heterocycles. The predicted molar refractivity (Wildman–Crippen MR) is 97.6 cm³/mol. The molecule has 0 bridgehead atoms. The van der Waals surface area contributed by atoms with Crippen molar-refractivity contribution in [3.8, 4) is 0 Å². The largest absolute Gasteiger partial charge is 0.274 e. The van der Waals surface area contributed by atoms with E-state index in [1.807, 2.05) is 0 Å². The molecule has 0 aromatic rings. The number of nitrogens with one attached hydrogen (secondary N) is 1. The van der Waals surface area contributed by atoms with Crippen LogP contribution in [0.3, 0.4) is 0 Å². The smallest absolute Gasteiger partial charge is 0.236 e. The molecule has 0 aromatic carbocycles. The third-order valence-corrected chi connectivity index (χ3v) is 8.67. The Kier molecular flexibility index (Phi) is 4.04. The molecule has 3 heteroatoms. The topological polar surface area (TPSA) is 41.5 Å². The second-order valence-electron chi connectivity index (χ2n) is 9.62.